The number of carbonyl (C=O) groups excluding carboxylic acids is 1. The molecule has 2 atom stereocenters. The van der Waals surface area contributed by atoms with E-state index in [1.807, 2.05) is 6.92 Å². The number of hydrogen-bond acceptors (Lipinski definition) is 2. The van der Waals surface area contributed by atoms with E-state index >= 15 is 0 Å². The highest BCUT2D eigenvalue weighted by molar-refractivity contribution is 5.83. The average molecular weight is 240 g/mol. The number of hydrogen-bond donors (Lipinski definition) is 1. The first-order valence-electron chi connectivity index (χ1n) is 5.84. The zero-order valence-electron chi connectivity index (χ0n) is 10.4. The molecule has 1 fully saturated rings. The number of aliphatic carboxylic acids is 1. The number of carbonyl (C=O) groups is 2. The van der Waals surface area contributed by atoms with Gasteiger partial charge in [0, 0.05) is 20.1 Å². The fraction of sp³-hybridized carbons (Fsp3) is 0.667. The SMILES string of the molecule is C=CCN(C)C(=O)N1CCCC(C)C1C(=O)O. The predicted octanol–water partition coefficient (Wildman–Crippen LogP) is 1.41. The van der Waals surface area contributed by atoms with Crippen molar-refractivity contribution in [3.63, 3.8) is 0 Å². The molecule has 0 aromatic rings. The molecule has 2 unspecified atom stereocenters. The van der Waals surface area contributed by atoms with Crippen LogP contribution < -0.4 is 0 Å². The van der Waals surface area contributed by atoms with Crippen molar-refractivity contribution in [2.24, 2.45) is 5.92 Å². The Labute approximate surface area is 102 Å². The van der Waals surface area contributed by atoms with Crippen LogP contribution in [0.15, 0.2) is 12.7 Å². The smallest absolute Gasteiger partial charge is 0.326 e. The Hall–Kier alpha value is -1.52. The third kappa shape index (κ3) is 2.99. The molecule has 1 saturated heterocycles. The molecule has 1 aliphatic heterocycles. The van der Waals surface area contributed by atoms with Gasteiger partial charge in [-0.1, -0.05) is 13.0 Å². The summed E-state index contributed by atoms with van der Waals surface area (Å²) in [6, 6.07) is -0.938. The summed E-state index contributed by atoms with van der Waals surface area (Å²) >= 11 is 0. The molecule has 17 heavy (non-hydrogen) atoms. The van der Waals surface area contributed by atoms with Gasteiger partial charge < -0.3 is 14.9 Å². The van der Waals surface area contributed by atoms with Crippen molar-refractivity contribution in [1.29, 1.82) is 0 Å². The number of likely N-dealkylation sites (tertiary alicyclic amines) is 1. The van der Waals surface area contributed by atoms with E-state index in [1.165, 1.54) is 9.80 Å². The molecule has 0 saturated carbocycles. The number of carboxylic acid groups (broad SMARTS) is 1. The van der Waals surface area contributed by atoms with E-state index in [9.17, 15) is 14.7 Å². The van der Waals surface area contributed by atoms with Crippen molar-refractivity contribution in [3.8, 4) is 0 Å². The van der Waals surface area contributed by atoms with E-state index in [-0.39, 0.29) is 11.9 Å². The molecule has 0 bridgehead atoms. The van der Waals surface area contributed by atoms with Crippen LogP contribution in [0.2, 0.25) is 0 Å². The number of urea groups is 1. The molecule has 2 amide bonds. The third-order valence-corrected chi connectivity index (χ3v) is 3.16. The van der Waals surface area contributed by atoms with E-state index in [0.29, 0.717) is 13.1 Å². The number of rotatable bonds is 3. The fourth-order valence-corrected chi connectivity index (χ4v) is 2.27. The molecule has 1 heterocycles. The van der Waals surface area contributed by atoms with Crippen molar-refractivity contribution in [1.82, 2.24) is 9.80 Å². The highest BCUT2D eigenvalue weighted by Crippen LogP contribution is 2.24. The maximum Gasteiger partial charge on any atom is 0.326 e. The zero-order chi connectivity index (χ0) is 13.0. The lowest BCUT2D eigenvalue weighted by Gasteiger charge is -2.39. The van der Waals surface area contributed by atoms with Gasteiger partial charge in [0.25, 0.3) is 0 Å². The molecule has 1 N–H and O–H groups in total. The van der Waals surface area contributed by atoms with Gasteiger partial charge in [-0.05, 0) is 18.8 Å². The molecule has 0 aromatic heterocycles. The van der Waals surface area contributed by atoms with Crippen LogP contribution in [0, 0.1) is 5.92 Å². The second-order valence-electron chi connectivity index (χ2n) is 4.55. The summed E-state index contributed by atoms with van der Waals surface area (Å²) in [6.45, 7) is 6.39. The molecule has 5 heteroatoms. The van der Waals surface area contributed by atoms with E-state index in [2.05, 4.69) is 6.58 Å². The van der Waals surface area contributed by atoms with Gasteiger partial charge in [-0.25, -0.2) is 9.59 Å². The first-order valence-corrected chi connectivity index (χ1v) is 5.84. The first kappa shape index (κ1) is 13.5. The molecule has 1 rings (SSSR count). The summed E-state index contributed by atoms with van der Waals surface area (Å²) in [6.07, 6.45) is 3.34. The van der Waals surface area contributed by atoms with Gasteiger partial charge in [0.2, 0.25) is 0 Å². The van der Waals surface area contributed by atoms with Gasteiger partial charge in [-0.3, -0.25) is 0 Å². The molecule has 0 radical (unpaired) electrons. The number of nitrogens with zero attached hydrogens (tertiary/aromatic N) is 2. The normalized spacial score (nSPS) is 24.2. The number of amides is 2. The predicted molar refractivity (Wildman–Crippen MR) is 64.8 cm³/mol. The lowest BCUT2D eigenvalue weighted by Crippen LogP contribution is -2.55. The molecule has 5 nitrogen and oxygen atoms in total. The van der Waals surface area contributed by atoms with Gasteiger partial charge in [-0.2, -0.15) is 0 Å². The summed E-state index contributed by atoms with van der Waals surface area (Å²) < 4.78 is 0. The van der Waals surface area contributed by atoms with E-state index in [1.54, 1.807) is 13.1 Å². The van der Waals surface area contributed by atoms with Crippen molar-refractivity contribution in [2.75, 3.05) is 20.1 Å². The van der Waals surface area contributed by atoms with Crippen molar-refractivity contribution >= 4 is 12.0 Å². The van der Waals surface area contributed by atoms with Crippen LogP contribution in [-0.4, -0.2) is 53.1 Å². The van der Waals surface area contributed by atoms with Crippen LogP contribution in [0.1, 0.15) is 19.8 Å². The van der Waals surface area contributed by atoms with Crippen LogP contribution >= 0.6 is 0 Å². The summed E-state index contributed by atoms with van der Waals surface area (Å²) in [4.78, 5) is 26.3. The van der Waals surface area contributed by atoms with Crippen LogP contribution in [0.4, 0.5) is 4.79 Å². The summed E-state index contributed by atoms with van der Waals surface area (Å²) in [7, 11) is 1.65. The molecule has 96 valence electrons. The van der Waals surface area contributed by atoms with E-state index in [0.717, 1.165) is 12.8 Å². The maximum absolute atomic E-state index is 12.1. The Bertz CT molecular complexity index is 317. The number of likely N-dealkylation sites (N-methyl/N-ethyl adjacent to an activating group) is 1. The Kier molecular flexibility index (Phi) is 4.54. The van der Waals surface area contributed by atoms with Crippen molar-refractivity contribution < 1.29 is 14.7 Å². The maximum atomic E-state index is 12.1. The lowest BCUT2D eigenvalue weighted by molar-refractivity contribution is -0.145. The molecule has 1 aliphatic rings. The Balaban J connectivity index is 2.81. The van der Waals surface area contributed by atoms with E-state index in [4.69, 9.17) is 0 Å². The molecule has 0 aliphatic carbocycles. The molecule has 0 spiro atoms. The van der Waals surface area contributed by atoms with Gasteiger partial charge in [0.05, 0.1) is 0 Å². The highest BCUT2D eigenvalue weighted by Gasteiger charge is 2.37. The Morgan fingerprint density at radius 2 is 2.24 bits per heavy atom. The first-order chi connectivity index (χ1) is 7.99. The van der Waals surface area contributed by atoms with Gasteiger partial charge in [0.15, 0.2) is 0 Å². The topological polar surface area (TPSA) is 60.9 Å². The summed E-state index contributed by atoms with van der Waals surface area (Å²) in [5.41, 5.74) is 0. The van der Waals surface area contributed by atoms with Gasteiger partial charge in [0.1, 0.15) is 6.04 Å². The average Bonchev–Trinajstić information content (AvgIpc) is 2.27. The largest absolute Gasteiger partial charge is 0.480 e. The van der Waals surface area contributed by atoms with Crippen molar-refractivity contribution in [3.05, 3.63) is 12.7 Å². The van der Waals surface area contributed by atoms with Gasteiger partial charge in [-0.15, -0.1) is 6.58 Å². The number of carboxylic acids is 1. The number of piperidine rings is 1. The summed E-state index contributed by atoms with van der Waals surface area (Å²) in [5, 5.41) is 9.21. The standard InChI is InChI=1S/C12H20N2O3/c1-4-7-13(3)12(17)14-8-5-6-9(2)10(14)11(15)16/h4,9-10H,1,5-8H2,2-3H3,(H,15,16). The molecule has 0 aromatic carbocycles. The van der Waals surface area contributed by atoms with E-state index < -0.39 is 12.0 Å². The van der Waals surface area contributed by atoms with Crippen LogP contribution in [0.3, 0.4) is 0 Å². The highest BCUT2D eigenvalue weighted by atomic mass is 16.4. The fourth-order valence-electron chi connectivity index (χ4n) is 2.27. The second kappa shape index (κ2) is 5.70. The Morgan fingerprint density at radius 3 is 2.76 bits per heavy atom. The monoisotopic (exact) mass is 240 g/mol. The van der Waals surface area contributed by atoms with Crippen LogP contribution in [-0.2, 0) is 4.79 Å². The van der Waals surface area contributed by atoms with Crippen molar-refractivity contribution in [2.45, 2.75) is 25.8 Å². The minimum absolute atomic E-state index is 0.00216. The molecular weight excluding hydrogens is 220 g/mol. The Morgan fingerprint density at radius 1 is 1.59 bits per heavy atom. The third-order valence-electron chi connectivity index (χ3n) is 3.16. The minimum Gasteiger partial charge on any atom is -0.480 e. The minimum atomic E-state index is -0.919. The zero-order valence-corrected chi connectivity index (χ0v) is 10.4. The van der Waals surface area contributed by atoms with Crippen LogP contribution in [0.5, 0.6) is 0 Å². The molecular formula is C12H20N2O3. The quantitative estimate of drug-likeness (QED) is 0.759. The second-order valence-corrected chi connectivity index (χ2v) is 4.55. The summed E-state index contributed by atoms with van der Waals surface area (Å²) in [5.74, 6) is -0.917. The van der Waals surface area contributed by atoms with Crippen LogP contribution in [0.25, 0.3) is 0 Å². The van der Waals surface area contributed by atoms with Gasteiger partial charge >= 0.3 is 12.0 Å². The lowest BCUT2D eigenvalue weighted by atomic mass is 9.91.